The van der Waals surface area contributed by atoms with Gasteiger partial charge in [-0.05, 0) is 24.6 Å². The van der Waals surface area contributed by atoms with Crippen molar-refractivity contribution in [2.24, 2.45) is 0 Å². The van der Waals surface area contributed by atoms with Crippen LogP contribution in [0.5, 0.6) is 0 Å². The third-order valence-electron chi connectivity index (χ3n) is 3.04. The molecule has 1 heterocycles. The van der Waals surface area contributed by atoms with Crippen LogP contribution < -0.4 is 10.6 Å². The van der Waals surface area contributed by atoms with Gasteiger partial charge in [0.2, 0.25) is 3.79 Å². The second kappa shape index (κ2) is 7.18. The van der Waals surface area contributed by atoms with Crippen molar-refractivity contribution in [3.8, 4) is 0 Å². The fourth-order valence-electron chi connectivity index (χ4n) is 2.13. The van der Waals surface area contributed by atoms with Crippen LogP contribution in [0.1, 0.15) is 18.5 Å². The number of halogens is 4. The minimum atomic E-state index is -1.72. The van der Waals surface area contributed by atoms with Crippen molar-refractivity contribution in [3.05, 3.63) is 46.1 Å². The summed E-state index contributed by atoms with van der Waals surface area (Å²) in [6.07, 6.45) is 0. The molecule has 0 fully saturated rings. The first-order valence-electron chi connectivity index (χ1n) is 6.45. The molecule has 1 aromatic rings. The van der Waals surface area contributed by atoms with Gasteiger partial charge in [0.25, 0.3) is 0 Å². The van der Waals surface area contributed by atoms with Crippen LogP contribution >= 0.6 is 46.4 Å². The Kier molecular flexibility index (Phi) is 5.68. The van der Waals surface area contributed by atoms with Gasteiger partial charge in [0, 0.05) is 10.7 Å². The largest absolute Gasteiger partial charge is 0.458 e. The molecular formula is C14H12Cl4N2O3. The van der Waals surface area contributed by atoms with Crippen molar-refractivity contribution in [3.63, 3.8) is 0 Å². The van der Waals surface area contributed by atoms with E-state index in [0.717, 1.165) is 0 Å². The van der Waals surface area contributed by atoms with Gasteiger partial charge in [-0.2, -0.15) is 0 Å². The molecule has 1 aliphatic rings. The van der Waals surface area contributed by atoms with Crippen LogP contribution in [0, 0.1) is 0 Å². The summed E-state index contributed by atoms with van der Waals surface area (Å²) in [6.45, 7) is 1.17. The number of urea groups is 1. The maximum absolute atomic E-state index is 12.4. The SMILES string of the molecule is CC1=C(C(=O)OCC(Cl)(Cl)Cl)[C@H](c2cccc(Cl)c2)NC(=O)N1. The molecule has 0 radical (unpaired) electrons. The van der Waals surface area contributed by atoms with E-state index >= 15 is 0 Å². The molecule has 1 aliphatic heterocycles. The van der Waals surface area contributed by atoms with E-state index in [1.807, 2.05) is 0 Å². The second-order valence-corrected chi connectivity index (χ2v) is 7.77. The molecule has 0 spiro atoms. The van der Waals surface area contributed by atoms with Crippen molar-refractivity contribution in [1.29, 1.82) is 0 Å². The summed E-state index contributed by atoms with van der Waals surface area (Å²) in [6, 6.07) is 5.62. The molecule has 2 N–H and O–H groups in total. The Morgan fingerprint density at radius 3 is 2.65 bits per heavy atom. The average molecular weight is 398 g/mol. The molecule has 0 bridgehead atoms. The Morgan fingerprint density at radius 1 is 1.35 bits per heavy atom. The summed E-state index contributed by atoms with van der Waals surface area (Å²) in [5.74, 6) is -0.702. The molecule has 0 aliphatic carbocycles. The highest BCUT2D eigenvalue weighted by Crippen LogP contribution is 2.31. The quantitative estimate of drug-likeness (QED) is 0.600. The Labute approximate surface area is 152 Å². The van der Waals surface area contributed by atoms with E-state index in [4.69, 9.17) is 51.1 Å². The summed E-state index contributed by atoms with van der Waals surface area (Å²) in [5, 5.41) is 5.64. The molecule has 2 rings (SSSR count). The van der Waals surface area contributed by atoms with Crippen LogP contribution in [0.2, 0.25) is 5.02 Å². The molecule has 5 nitrogen and oxygen atoms in total. The number of hydrogen-bond donors (Lipinski definition) is 2. The van der Waals surface area contributed by atoms with E-state index in [1.165, 1.54) is 0 Å². The number of hydrogen-bond acceptors (Lipinski definition) is 3. The zero-order chi connectivity index (χ0) is 17.2. The van der Waals surface area contributed by atoms with E-state index in [9.17, 15) is 9.59 Å². The molecular weight excluding hydrogens is 386 g/mol. The molecule has 0 saturated carbocycles. The van der Waals surface area contributed by atoms with E-state index in [-0.39, 0.29) is 5.57 Å². The minimum Gasteiger partial charge on any atom is -0.458 e. The number of amides is 2. The van der Waals surface area contributed by atoms with Crippen molar-refractivity contribution < 1.29 is 14.3 Å². The van der Waals surface area contributed by atoms with Crippen LogP contribution in [0.15, 0.2) is 35.5 Å². The van der Waals surface area contributed by atoms with Crippen LogP contribution in [-0.4, -0.2) is 22.4 Å². The Morgan fingerprint density at radius 2 is 2.04 bits per heavy atom. The molecule has 0 aromatic heterocycles. The number of benzene rings is 1. The van der Waals surface area contributed by atoms with E-state index in [0.29, 0.717) is 16.3 Å². The van der Waals surface area contributed by atoms with Gasteiger partial charge in [0.15, 0.2) is 0 Å². The number of nitrogens with one attached hydrogen (secondary N) is 2. The molecule has 1 aromatic carbocycles. The number of alkyl halides is 3. The normalized spacial score (nSPS) is 18.3. The third-order valence-corrected chi connectivity index (χ3v) is 3.60. The summed E-state index contributed by atoms with van der Waals surface area (Å²) in [4.78, 5) is 24.1. The molecule has 1 atom stereocenters. The maximum Gasteiger partial charge on any atom is 0.338 e. The molecule has 0 saturated heterocycles. The molecule has 2 amide bonds. The highest BCUT2D eigenvalue weighted by Gasteiger charge is 2.33. The number of allylic oxidation sites excluding steroid dienone is 1. The number of carbonyl (C=O) groups excluding carboxylic acids is 2. The fourth-order valence-corrected chi connectivity index (χ4v) is 2.49. The Bertz CT molecular complexity index is 670. The van der Waals surface area contributed by atoms with E-state index < -0.39 is 28.4 Å². The first-order chi connectivity index (χ1) is 10.7. The molecule has 0 unspecified atom stereocenters. The lowest BCUT2D eigenvalue weighted by Crippen LogP contribution is -2.45. The van der Waals surface area contributed by atoms with Crippen molar-refractivity contribution in [2.45, 2.75) is 16.8 Å². The van der Waals surface area contributed by atoms with Crippen molar-refractivity contribution in [2.75, 3.05) is 6.61 Å². The smallest absolute Gasteiger partial charge is 0.338 e. The van der Waals surface area contributed by atoms with Gasteiger partial charge in [-0.15, -0.1) is 0 Å². The molecule has 124 valence electrons. The van der Waals surface area contributed by atoms with Gasteiger partial charge >= 0.3 is 12.0 Å². The first kappa shape index (κ1) is 18.2. The monoisotopic (exact) mass is 396 g/mol. The van der Waals surface area contributed by atoms with Crippen LogP contribution in [0.4, 0.5) is 4.79 Å². The van der Waals surface area contributed by atoms with Gasteiger partial charge in [-0.25, -0.2) is 9.59 Å². The van der Waals surface area contributed by atoms with Gasteiger partial charge in [0.1, 0.15) is 6.61 Å². The van der Waals surface area contributed by atoms with Gasteiger partial charge in [-0.1, -0.05) is 58.5 Å². The summed E-state index contributed by atoms with van der Waals surface area (Å²) >= 11 is 22.7. The topological polar surface area (TPSA) is 67.4 Å². The summed E-state index contributed by atoms with van der Waals surface area (Å²) < 4.78 is 3.30. The van der Waals surface area contributed by atoms with Gasteiger partial charge in [-0.3, -0.25) is 0 Å². The Hall–Kier alpha value is -1.14. The van der Waals surface area contributed by atoms with Crippen molar-refractivity contribution in [1.82, 2.24) is 10.6 Å². The van der Waals surface area contributed by atoms with Crippen molar-refractivity contribution >= 4 is 58.4 Å². The average Bonchev–Trinajstić information content (AvgIpc) is 2.43. The van der Waals surface area contributed by atoms with Crippen LogP contribution in [-0.2, 0) is 9.53 Å². The summed E-state index contributed by atoms with van der Waals surface area (Å²) in [7, 11) is 0. The van der Waals surface area contributed by atoms with E-state index in [2.05, 4.69) is 10.6 Å². The lowest BCUT2D eigenvalue weighted by molar-refractivity contribution is -0.139. The van der Waals surface area contributed by atoms with Crippen LogP contribution in [0.3, 0.4) is 0 Å². The molecule has 9 heteroatoms. The zero-order valence-electron chi connectivity index (χ0n) is 11.8. The predicted octanol–water partition coefficient (Wildman–Crippen LogP) is 3.88. The minimum absolute atomic E-state index is 0.209. The van der Waals surface area contributed by atoms with Crippen LogP contribution in [0.25, 0.3) is 0 Å². The number of carbonyl (C=O) groups is 2. The lowest BCUT2D eigenvalue weighted by Gasteiger charge is -2.28. The molecule has 23 heavy (non-hydrogen) atoms. The zero-order valence-corrected chi connectivity index (χ0v) is 14.9. The van der Waals surface area contributed by atoms with Gasteiger partial charge < -0.3 is 15.4 Å². The summed E-state index contributed by atoms with van der Waals surface area (Å²) in [5.41, 5.74) is 1.20. The van der Waals surface area contributed by atoms with Gasteiger partial charge in [0.05, 0.1) is 11.6 Å². The fraction of sp³-hybridized carbons (Fsp3) is 0.286. The first-order valence-corrected chi connectivity index (χ1v) is 7.96. The number of ether oxygens (including phenoxy) is 1. The van der Waals surface area contributed by atoms with E-state index in [1.54, 1.807) is 31.2 Å². The third kappa shape index (κ3) is 4.91. The highest BCUT2D eigenvalue weighted by atomic mass is 35.6. The second-order valence-electron chi connectivity index (χ2n) is 4.82. The highest BCUT2D eigenvalue weighted by molar-refractivity contribution is 6.67. The predicted molar refractivity (Wildman–Crippen MR) is 89.8 cm³/mol. The maximum atomic E-state index is 12.4. The Balaban J connectivity index is 2.33. The number of rotatable bonds is 3. The number of esters is 1. The lowest BCUT2D eigenvalue weighted by atomic mass is 9.96. The standard InChI is InChI=1S/C14H12Cl4N2O3/c1-7-10(12(21)23-6-14(16,17)18)11(20-13(22)19-7)8-3-2-4-9(15)5-8/h2-5,11H,6H2,1H3,(H2,19,20,22)/t11-/m0/s1.